The van der Waals surface area contributed by atoms with Gasteiger partial charge in [-0.3, -0.25) is 0 Å². The third-order valence-corrected chi connectivity index (χ3v) is 3.10. The highest BCUT2D eigenvalue weighted by Gasteiger charge is 2.25. The monoisotopic (exact) mass is 234 g/mol. The molecule has 2 rings (SSSR count). The molecule has 0 aliphatic heterocycles. The molecule has 0 saturated heterocycles. The lowest BCUT2D eigenvalue weighted by molar-refractivity contribution is -0.139. The summed E-state index contributed by atoms with van der Waals surface area (Å²) in [6, 6.07) is 0. The second-order valence-corrected chi connectivity index (χ2v) is 4.31. The molecule has 0 unspecified atom stereocenters. The Hall–Kier alpha value is -1.35. The Morgan fingerprint density at radius 1 is 1.29 bits per heavy atom. The van der Waals surface area contributed by atoms with Crippen LogP contribution in [0.3, 0.4) is 0 Å². The van der Waals surface area contributed by atoms with Crippen LogP contribution in [0.15, 0.2) is 36.0 Å². The van der Waals surface area contributed by atoms with Crippen LogP contribution in [-0.2, 0) is 14.3 Å². The second kappa shape index (κ2) is 5.82. The smallest absolute Gasteiger partial charge is 0.330 e. The molecule has 2 aliphatic rings. The molecule has 0 aromatic heterocycles. The van der Waals surface area contributed by atoms with Crippen molar-refractivity contribution in [2.75, 3.05) is 13.2 Å². The van der Waals surface area contributed by atoms with Crippen molar-refractivity contribution in [2.24, 2.45) is 0 Å². The third kappa shape index (κ3) is 3.30. The number of carbonyl (C=O) groups is 1. The molecule has 3 heteroatoms. The van der Waals surface area contributed by atoms with E-state index in [1.807, 2.05) is 0 Å². The van der Waals surface area contributed by atoms with E-state index >= 15 is 0 Å². The van der Waals surface area contributed by atoms with E-state index in [9.17, 15) is 4.79 Å². The van der Waals surface area contributed by atoms with E-state index in [0.29, 0.717) is 13.2 Å². The third-order valence-electron chi connectivity index (χ3n) is 3.10. The van der Waals surface area contributed by atoms with Gasteiger partial charge in [0.2, 0.25) is 0 Å². The van der Waals surface area contributed by atoms with Gasteiger partial charge in [0.1, 0.15) is 6.61 Å². The van der Waals surface area contributed by atoms with Gasteiger partial charge >= 0.3 is 5.97 Å². The molecule has 3 nitrogen and oxygen atoms in total. The maximum absolute atomic E-state index is 10.8. The van der Waals surface area contributed by atoms with Crippen molar-refractivity contribution in [1.29, 1.82) is 0 Å². The lowest BCUT2D eigenvalue weighted by Crippen LogP contribution is -2.14. The maximum Gasteiger partial charge on any atom is 0.330 e. The summed E-state index contributed by atoms with van der Waals surface area (Å²) in [6.45, 7) is 4.10. The fraction of sp³-hybridized carbons (Fsp3) is 0.500. The van der Waals surface area contributed by atoms with Gasteiger partial charge in [-0.1, -0.05) is 18.7 Å². The number of allylic oxidation sites excluding steroid dienone is 2. The number of fused-ring (bicyclic) bond motifs is 1. The SMILES string of the molecule is C=CC(=O)OCCOC1CC2=CCCC=C2C1. The molecular weight excluding hydrogens is 216 g/mol. The molecule has 0 radical (unpaired) electrons. The van der Waals surface area contributed by atoms with Gasteiger partial charge in [-0.05, 0) is 36.8 Å². The largest absolute Gasteiger partial charge is 0.460 e. The molecule has 0 bridgehead atoms. The van der Waals surface area contributed by atoms with E-state index in [2.05, 4.69) is 18.7 Å². The fourth-order valence-corrected chi connectivity index (χ4v) is 2.30. The molecule has 92 valence electrons. The van der Waals surface area contributed by atoms with Crippen LogP contribution in [-0.4, -0.2) is 25.3 Å². The van der Waals surface area contributed by atoms with Crippen molar-refractivity contribution in [3.8, 4) is 0 Å². The fourth-order valence-electron chi connectivity index (χ4n) is 2.30. The summed E-state index contributed by atoms with van der Waals surface area (Å²) < 4.78 is 10.6. The highest BCUT2D eigenvalue weighted by atomic mass is 16.6. The number of hydrogen-bond donors (Lipinski definition) is 0. The van der Waals surface area contributed by atoms with E-state index in [4.69, 9.17) is 9.47 Å². The van der Waals surface area contributed by atoms with Gasteiger partial charge < -0.3 is 9.47 Å². The standard InChI is InChI=1S/C14H18O3/c1-2-14(15)17-8-7-16-13-9-11-5-3-4-6-12(11)10-13/h2,5-6,13H,1,3-4,7-10H2. The number of carbonyl (C=O) groups excluding carboxylic acids is 1. The molecular formula is C14H18O3. The van der Waals surface area contributed by atoms with Gasteiger partial charge in [0.15, 0.2) is 0 Å². The van der Waals surface area contributed by atoms with Gasteiger partial charge in [0.25, 0.3) is 0 Å². The number of ether oxygens (including phenoxy) is 2. The van der Waals surface area contributed by atoms with Crippen molar-refractivity contribution >= 4 is 5.97 Å². The quantitative estimate of drug-likeness (QED) is 0.416. The van der Waals surface area contributed by atoms with Gasteiger partial charge in [0.05, 0.1) is 12.7 Å². The predicted octanol–water partition coefficient (Wildman–Crippen LogP) is 2.54. The Kier molecular flexibility index (Phi) is 4.15. The van der Waals surface area contributed by atoms with Crippen LogP contribution in [0.5, 0.6) is 0 Å². The summed E-state index contributed by atoms with van der Waals surface area (Å²) in [5.41, 5.74) is 2.90. The highest BCUT2D eigenvalue weighted by molar-refractivity contribution is 5.81. The zero-order valence-corrected chi connectivity index (χ0v) is 9.98. The van der Waals surface area contributed by atoms with Crippen LogP contribution in [0.25, 0.3) is 0 Å². The Labute approximate surface area is 102 Å². The molecule has 0 heterocycles. The molecule has 1 fully saturated rings. The highest BCUT2D eigenvalue weighted by Crippen LogP contribution is 2.35. The van der Waals surface area contributed by atoms with Crippen LogP contribution in [0.2, 0.25) is 0 Å². The molecule has 0 N–H and O–H groups in total. The van der Waals surface area contributed by atoms with Crippen molar-refractivity contribution in [3.05, 3.63) is 36.0 Å². The molecule has 0 atom stereocenters. The summed E-state index contributed by atoms with van der Waals surface area (Å²) in [5, 5.41) is 0. The van der Waals surface area contributed by atoms with Crippen molar-refractivity contribution in [2.45, 2.75) is 31.8 Å². The van der Waals surface area contributed by atoms with E-state index < -0.39 is 0 Å². The first-order valence-electron chi connectivity index (χ1n) is 6.09. The van der Waals surface area contributed by atoms with E-state index in [1.165, 1.54) is 17.2 Å². The zero-order valence-electron chi connectivity index (χ0n) is 9.98. The minimum atomic E-state index is -0.390. The Balaban J connectivity index is 1.68. The van der Waals surface area contributed by atoms with Crippen LogP contribution in [0.4, 0.5) is 0 Å². The minimum Gasteiger partial charge on any atom is -0.460 e. The molecule has 0 aromatic rings. The summed E-state index contributed by atoms with van der Waals surface area (Å²) in [4.78, 5) is 10.8. The molecule has 2 aliphatic carbocycles. The molecule has 0 aromatic carbocycles. The number of esters is 1. The second-order valence-electron chi connectivity index (χ2n) is 4.31. The minimum absolute atomic E-state index is 0.257. The van der Waals surface area contributed by atoms with Crippen LogP contribution in [0.1, 0.15) is 25.7 Å². The first-order valence-corrected chi connectivity index (χ1v) is 6.09. The van der Waals surface area contributed by atoms with Crippen LogP contribution in [0, 0.1) is 0 Å². The average Bonchev–Trinajstić information content (AvgIpc) is 2.76. The molecule has 0 amide bonds. The topological polar surface area (TPSA) is 35.5 Å². The van der Waals surface area contributed by atoms with Gasteiger partial charge in [0, 0.05) is 6.08 Å². The lowest BCUT2D eigenvalue weighted by atomic mass is 10.0. The van der Waals surface area contributed by atoms with Gasteiger partial charge in [-0.15, -0.1) is 0 Å². The van der Waals surface area contributed by atoms with E-state index in [0.717, 1.165) is 25.7 Å². The summed E-state index contributed by atoms with van der Waals surface area (Å²) in [6.07, 6.45) is 10.4. The first kappa shape index (κ1) is 12.1. The van der Waals surface area contributed by atoms with Crippen molar-refractivity contribution < 1.29 is 14.3 Å². The van der Waals surface area contributed by atoms with Crippen LogP contribution >= 0.6 is 0 Å². The normalized spacial score (nSPS) is 19.3. The van der Waals surface area contributed by atoms with Crippen LogP contribution < -0.4 is 0 Å². The summed E-state index contributed by atoms with van der Waals surface area (Å²) in [5.74, 6) is -0.390. The van der Waals surface area contributed by atoms with Crippen molar-refractivity contribution in [3.63, 3.8) is 0 Å². The summed E-state index contributed by atoms with van der Waals surface area (Å²) >= 11 is 0. The van der Waals surface area contributed by atoms with Crippen molar-refractivity contribution in [1.82, 2.24) is 0 Å². The predicted molar refractivity (Wildman–Crippen MR) is 65.5 cm³/mol. The zero-order chi connectivity index (χ0) is 12.1. The number of hydrogen-bond acceptors (Lipinski definition) is 3. The van der Waals surface area contributed by atoms with Gasteiger partial charge in [-0.25, -0.2) is 4.79 Å². The lowest BCUT2D eigenvalue weighted by Gasteiger charge is -2.10. The maximum atomic E-state index is 10.8. The summed E-state index contributed by atoms with van der Waals surface area (Å²) in [7, 11) is 0. The average molecular weight is 234 g/mol. The number of rotatable bonds is 5. The molecule has 0 spiro atoms. The van der Waals surface area contributed by atoms with Gasteiger partial charge in [-0.2, -0.15) is 0 Å². The first-order chi connectivity index (χ1) is 8.29. The molecule has 1 saturated carbocycles. The Morgan fingerprint density at radius 2 is 1.94 bits per heavy atom. The Morgan fingerprint density at radius 3 is 2.53 bits per heavy atom. The van der Waals surface area contributed by atoms with E-state index in [-0.39, 0.29) is 12.1 Å². The van der Waals surface area contributed by atoms with E-state index in [1.54, 1.807) is 0 Å². The Bertz CT molecular complexity index is 344. The molecule has 17 heavy (non-hydrogen) atoms.